The van der Waals surface area contributed by atoms with Gasteiger partial charge in [-0.15, -0.1) is 0 Å². The van der Waals surface area contributed by atoms with E-state index in [-0.39, 0.29) is 6.03 Å². The molecule has 0 spiro atoms. The van der Waals surface area contributed by atoms with E-state index in [2.05, 4.69) is 15.0 Å². The summed E-state index contributed by atoms with van der Waals surface area (Å²) < 4.78 is 7.94. The van der Waals surface area contributed by atoms with E-state index in [0.29, 0.717) is 6.54 Å². The van der Waals surface area contributed by atoms with Crippen LogP contribution in [0.2, 0.25) is 0 Å². The number of aryl methyl sites for hydroxylation is 1. The molecule has 0 aromatic carbocycles. The van der Waals surface area contributed by atoms with Crippen LogP contribution in [0.5, 0.6) is 0 Å². The first kappa shape index (κ1) is 13.7. The molecule has 1 aromatic rings. The normalized spacial score (nSPS) is 10.1. The molecule has 1 heterocycles. The van der Waals surface area contributed by atoms with Crippen LogP contribution >= 0.6 is 11.9 Å². The van der Waals surface area contributed by atoms with Gasteiger partial charge in [-0.25, -0.2) is 9.78 Å². The maximum absolute atomic E-state index is 11.1. The molecule has 0 atom stereocenters. The van der Waals surface area contributed by atoms with Gasteiger partial charge in [0.2, 0.25) is 5.88 Å². The Labute approximate surface area is 105 Å². The lowest BCUT2D eigenvalue weighted by molar-refractivity contribution is 0.247. The molecule has 0 bridgehead atoms. The molecular weight excluding hydrogens is 240 g/mol. The summed E-state index contributed by atoms with van der Waals surface area (Å²) in [5.74, 6) is 1.54. The van der Waals surface area contributed by atoms with Crippen molar-refractivity contribution in [2.75, 3.05) is 30.8 Å². The molecule has 0 saturated carbocycles. The smallest absolute Gasteiger partial charge is 0.324 e. The maximum Gasteiger partial charge on any atom is 0.324 e. The summed E-state index contributed by atoms with van der Waals surface area (Å²) in [6.45, 7) is 5.18. The number of rotatable bonds is 6. The quantitative estimate of drug-likeness (QED) is 0.596. The van der Waals surface area contributed by atoms with Crippen molar-refractivity contribution in [1.29, 1.82) is 0 Å². The molecule has 2 amide bonds. The van der Waals surface area contributed by atoms with Crippen LogP contribution in [0.25, 0.3) is 0 Å². The Hall–Kier alpha value is -1.37. The van der Waals surface area contributed by atoms with Crippen LogP contribution in [0.15, 0.2) is 10.8 Å². The molecule has 0 radical (unpaired) electrons. The van der Waals surface area contributed by atoms with E-state index < -0.39 is 0 Å². The van der Waals surface area contributed by atoms with Crippen molar-refractivity contribution in [2.24, 2.45) is 0 Å². The van der Waals surface area contributed by atoms with Crippen LogP contribution in [0, 0.1) is 6.92 Å². The van der Waals surface area contributed by atoms with Crippen molar-refractivity contribution in [3.8, 4) is 0 Å². The lowest BCUT2D eigenvalue weighted by Gasteiger charge is -2.15. The van der Waals surface area contributed by atoms with Gasteiger partial charge in [-0.3, -0.25) is 4.72 Å². The van der Waals surface area contributed by atoms with E-state index in [1.54, 1.807) is 0 Å². The number of hydrogen-bond acceptors (Lipinski definition) is 5. The molecular formula is C10H18N4O2S. The van der Waals surface area contributed by atoms with Crippen LogP contribution in [0.4, 0.5) is 10.7 Å². The van der Waals surface area contributed by atoms with Gasteiger partial charge in [-0.05, 0) is 25.8 Å². The Balaban J connectivity index is 2.19. The van der Waals surface area contributed by atoms with Crippen LogP contribution in [-0.2, 0) is 0 Å². The first-order valence-electron chi connectivity index (χ1n) is 5.42. The van der Waals surface area contributed by atoms with Gasteiger partial charge in [0.15, 0.2) is 6.39 Å². The van der Waals surface area contributed by atoms with Gasteiger partial charge in [-0.2, -0.15) is 0 Å². The molecule has 0 aliphatic rings. The third-order valence-corrected chi connectivity index (χ3v) is 2.81. The summed E-state index contributed by atoms with van der Waals surface area (Å²) in [6.07, 6.45) is 1.43. The molecule has 0 aliphatic heterocycles. The minimum atomic E-state index is -0.156. The minimum absolute atomic E-state index is 0.156. The van der Waals surface area contributed by atoms with Crippen molar-refractivity contribution < 1.29 is 9.21 Å². The summed E-state index contributed by atoms with van der Waals surface area (Å²) >= 11 is 1.37. The van der Waals surface area contributed by atoms with Crippen molar-refractivity contribution in [3.63, 3.8) is 0 Å². The molecule has 7 heteroatoms. The summed E-state index contributed by atoms with van der Waals surface area (Å²) in [5, 5.41) is 2.66. The third kappa shape index (κ3) is 4.56. The fourth-order valence-corrected chi connectivity index (χ4v) is 1.93. The van der Waals surface area contributed by atoms with E-state index in [1.165, 1.54) is 18.3 Å². The third-order valence-electron chi connectivity index (χ3n) is 2.10. The molecule has 0 unspecified atom stereocenters. The van der Waals surface area contributed by atoms with E-state index in [4.69, 9.17) is 4.42 Å². The zero-order valence-electron chi connectivity index (χ0n) is 10.3. The van der Waals surface area contributed by atoms with Gasteiger partial charge >= 0.3 is 6.03 Å². The monoisotopic (exact) mass is 258 g/mol. The molecule has 1 aromatic heterocycles. The Morgan fingerprint density at radius 3 is 3.00 bits per heavy atom. The average Bonchev–Trinajstić information content (AvgIpc) is 2.71. The lowest BCUT2D eigenvalue weighted by Crippen LogP contribution is -2.32. The standard InChI is InChI=1S/C10H18N4O2S/c1-4-11-10(15)13-17-6-5-14(3)9-8(2)12-7-16-9/h7H,4-6H2,1-3H3,(H2,11,13,15). The van der Waals surface area contributed by atoms with Gasteiger partial charge in [0.1, 0.15) is 5.69 Å². The number of carbonyl (C=O) groups excluding carboxylic acids is 1. The number of aromatic nitrogens is 1. The molecule has 2 N–H and O–H groups in total. The number of nitrogens with zero attached hydrogens (tertiary/aromatic N) is 2. The Morgan fingerprint density at radius 2 is 2.41 bits per heavy atom. The highest BCUT2D eigenvalue weighted by atomic mass is 32.2. The lowest BCUT2D eigenvalue weighted by atomic mass is 10.4. The van der Waals surface area contributed by atoms with Gasteiger partial charge in [0, 0.05) is 25.9 Å². The van der Waals surface area contributed by atoms with E-state index >= 15 is 0 Å². The summed E-state index contributed by atoms with van der Waals surface area (Å²) in [6, 6.07) is -0.156. The van der Waals surface area contributed by atoms with Crippen LogP contribution < -0.4 is 14.9 Å². The van der Waals surface area contributed by atoms with E-state index in [9.17, 15) is 4.79 Å². The van der Waals surface area contributed by atoms with Gasteiger partial charge in [0.25, 0.3) is 0 Å². The molecule has 0 fully saturated rings. The predicted molar refractivity (Wildman–Crippen MR) is 69.2 cm³/mol. The summed E-state index contributed by atoms with van der Waals surface area (Å²) in [5.41, 5.74) is 0.870. The molecule has 0 saturated heterocycles. The highest BCUT2D eigenvalue weighted by molar-refractivity contribution is 7.97. The van der Waals surface area contributed by atoms with Crippen LogP contribution in [0.3, 0.4) is 0 Å². The molecule has 1 rings (SSSR count). The van der Waals surface area contributed by atoms with Crippen molar-refractivity contribution in [1.82, 2.24) is 15.0 Å². The number of anilines is 1. The summed E-state index contributed by atoms with van der Waals surface area (Å²) in [4.78, 5) is 17.1. The van der Waals surface area contributed by atoms with E-state index in [0.717, 1.165) is 23.9 Å². The van der Waals surface area contributed by atoms with Crippen molar-refractivity contribution in [2.45, 2.75) is 13.8 Å². The fraction of sp³-hybridized carbons (Fsp3) is 0.600. The highest BCUT2D eigenvalue weighted by Crippen LogP contribution is 2.16. The number of hydrogen-bond donors (Lipinski definition) is 2. The number of urea groups is 1. The van der Waals surface area contributed by atoms with Crippen LogP contribution in [-0.4, -0.2) is 36.9 Å². The Kier molecular flexibility index (Phi) is 5.68. The second-order valence-electron chi connectivity index (χ2n) is 3.47. The first-order valence-corrected chi connectivity index (χ1v) is 6.40. The highest BCUT2D eigenvalue weighted by Gasteiger charge is 2.08. The Bertz CT molecular complexity index is 356. The minimum Gasteiger partial charge on any atom is -0.428 e. The first-order chi connectivity index (χ1) is 8.15. The molecule has 17 heavy (non-hydrogen) atoms. The largest absolute Gasteiger partial charge is 0.428 e. The van der Waals surface area contributed by atoms with E-state index in [1.807, 2.05) is 25.8 Å². The SMILES string of the molecule is CCNC(=O)NSCCN(C)c1ocnc1C. The summed E-state index contributed by atoms with van der Waals surface area (Å²) in [7, 11) is 1.93. The van der Waals surface area contributed by atoms with Crippen molar-refractivity contribution >= 4 is 23.9 Å². The predicted octanol–water partition coefficient (Wildman–Crippen LogP) is 1.39. The zero-order valence-corrected chi connectivity index (χ0v) is 11.1. The second kappa shape index (κ2) is 7.05. The topological polar surface area (TPSA) is 70.4 Å². The van der Waals surface area contributed by atoms with Crippen LogP contribution in [0.1, 0.15) is 12.6 Å². The zero-order chi connectivity index (χ0) is 12.7. The molecule has 6 nitrogen and oxygen atoms in total. The molecule has 96 valence electrons. The average molecular weight is 258 g/mol. The second-order valence-corrected chi connectivity index (χ2v) is 4.38. The maximum atomic E-state index is 11.1. The van der Waals surface area contributed by atoms with Gasteiger partial charge in [-0.1, -0.05) is 0 Å². The number of carbonyl (C=O) groups is 1. The Morgan fingerprint density at radius 1 is 1.65 bits per heavy atom. The van der Waals surface area contributed by atoms with Gasteiger partial charge < -0.3 is 14.6 Å². The number of amides is 2. The number of oxazole rings is 1. The fourth-order valence-electron chi connectivity index (χ4n) is 1.26. The van der Waals surface area contributed by atoms with Crippen molar-refractivity contribution in [3.05, 3.63) is 12.1 Å². The number of nitrogens with one attached hydrogen (secondary N) is 2. The van der Waals surface area contributed by atoms with Gasteiger partial charge in [0.05, 0.1) is 0 Å². The molecule has 0 aliphatic carbocycles.